The van der Waals surface area contributed by atoms with Crippen molar-refractivity contribution in [2.75, 3.05) is 18.0 Å². The molecule has 29 heavy (non-hydrogen) atoms. The van der Waals surface area contributed by atoms with Gasteiger partial charge in [-0.15, -0.1) is 10.2 Å². The van der Waals surface area contributed by atoms with E-state index in [4.69, 9.17) is 4.74 Å². The summed E-state index contributed by atoms with van der Waals surface area (Å²) in [6.07, 6.45) is -1.30. The van der Waals surface area contributed by atoms with Gasteiger partial charge in [-0.2, -0.15) is 13.2 Å². The lowest BCUT2D eigenvalue weighted by Crippen LogP contribution is -2.46. The molecule has 0 unspecified atom stereocenters. The number of halogens is 3. The van der Waals surface area contributed by atoms with Gasteiger partial charge in [-0.05, 0) is 38.1 Å². The summed E-state index contributed by atoms with van der Waals surface area (Å²) in [5.74, 6) is 0.139. The van der Waals surface area contributed by atoms with Crippen molar-refractivity contribution >= 4 is 16.6 Å². The van der Waals surface area contributed by atoms with Crippen LogP contribution in [0.5, 0.6) is 5.75 Å². The van der Waals surface area contributed by atoms with Crippen molar-refractivity contribution < 1.29 is 23.0 Å². The fraction of sp³-hybridized carbons (Fsp3) is 0.350. The molecule has 2 atom stereocenters. The highest BCUT2D eigenvalue weighted by molar-refractivity contribution is 6.00. The van der Waals surface area contributed by atoms with Crippen molar-refractivity contribution in [3.05, 3.63) is 42.2 Å². The zero-order valence-corrected chi connectivity index (χ0v) is 15.8. The van der Waals surface area contributed by atoms with E-state index in [2.05, 4.69) is 20.1 Å². The number of aromatic nitrogens is 3. The minimum Gasteiger partial charge on any atom is -0.507 e. The summed E-state index contributed by atoms with van der Waals surface area (Å²) in [6.45, 7) is 5.24. The zero-order chi connectivity index (χ0) is 20.8. The summed E-state index contributed by atoms with van der Waals surface area (Å²) in [5.41, 5.74) is -0.488. The van der Waals surface area contributed by atoms with Gasteiger partial charge in [-0.1, -0.05) is 0 Å². The number of pyridine rings is 1. The zero-order valence-electron chi connectivity index (χ0n) is 15.8. The van der Waals surface area contributed by atoms with Gasteiger partial charge in [0, 0.05) is 41.8 Å². The number of nitrogens with zero attached hydrogens (tertiary/aromatic N) is 4. The first-order valence-electron chi connectivity index (χ1n) is 9.15. The fourth-order valence-corrected chi connectivity index (χ4v) is 3.67. The molecule has 3 heterocycles. The molecule has 0 amide bonds. The lowest BCUT2D eigenvalue weighted by molar-refractivity contribution is -0.137. The minimum atomic E-state index is -4.54. The highest BCUT2D eigenvalue weighted by atomic mass is 19.4. The number of ether oxygens (including phenoxy) is 1. The maximum absolute atomic E-state index is 12.9. The third-order valence-corrected chi connectivity index (χ3v) is 4.86. The molecular weight excluding hydrogens is 385 g/mol. The molecule has 1 saturated heterocycles. The smallest absolute Gasteiger partial charge is 0.416 e. The van der Waals surface area contributed by atoms with Crippen LogP contribution in [-0.4, -0.2) is 45.6 Å². The van der Waals surface area contributed by atoms with Gasteiger partial charge in [-0.25, -0.2) is 0 Å². The van der Waals surface area contributed by atoms with Crippen LogP contribution in [-0.2, 0) is 10.9 Å². The highest BCUT2D eigenvalue weighted by Crippen LogP contribution is 2.39. The molecule has 3 aromatic rings. The molecular formula is C20H19F3N4O2. The number of anilines is 1. The predicted octanol–water partition coefficient (Wildman–Crippen LogP) is 4.03. The van der Waals surface area contributed by atoms with Crippen LogP contribution >= 0.6 is 0 Å². The van der Waals surface area contributed by atoms with E-state index < -0.39 is 17.5 Å². The molecule has 2 aromatic heterocycles. The van der Waals surface area contributed by atoms with Crippen molar-refractivity contribution in [3.63, 3.8) is 0 Å². The molecule has 0 aliphatic carbocycles. The molecule has 1 aliphatic rings. The first kappa shape index (κ1) is 19.4. The third kappa shape index (κ3) is 3.69. The Labute approximate surface area is 165 Å². The first-order chi connectivity index (χ1) is 13.7. The van der Waals surface area contributed by atoms with E-state index in [1.165, 1.54) is 6.07 Å². The van der Waals surface area contributed by atoms with E-state index in [1.54, 1.807) is 18.5 Å². The summed E-state index contributed by atoms with van der Waals surface area (Å²) < 4.78 is 44.5. The Balaban J connectivity index is 1.82. The van der Waals surface area contributed by atoms with Crippen LogP contribution in [0.2, 0.25) is 0 Å². The van der Waals surface area contributed by atoms with Crippen molar-refractivity contribution in [2.45, 2.75) is 32.2 Å². The van der Waals surface area contributed by atoms with Crippen molar-refractivity contribution in [2.24, 2.45) is 0 Å². The van der Waals surface area contributed by atoms with Gasteiger partial charge in [0.2, 0.25) is 0 Å². The average Bonchev–Trinajstić information content (AvgIpc) is 2.66. The van der Waals surface area contributed by atoms with Crippen LogP contribution in [0.25, 0.3) is 22.0 Å². The monoisotopic (exact) mass is 404 g/mol. The number of fused-ring (bicyclic) bond motifs is 1. The summed E-state index contributed by atoms with van der Waals surface area (Å²) in [4.78, 5) is 6.20. The molecule has 1 N–H and O–H groups in total. The largest absolute Gasteiger partial charge is 0.507 e. The lowest BCUT2D eigenvalue weighted by atomic mass is 10.0. The number of alkyl halides is 3. The van der Waals surface area contributed by atoms with Crippen LogP contribution in [0, 0.1) is 0 Å². The molecule has 0 spiro atoms. The number of morpholine rings is 1. The number of aromatic hydroxyl groups is 1. The second-order valence-corrected chi connectivity index (χ2v) is 7.19. The summed E-state index contributed by atoms with van der Waals surface area (Å²) in [5, 5.41) is 20.2. The predicted molar refractivity (Wildman–Crippen MR) is 102 cm³/mol. The van der Waals surface area contributed by atoms with Crippen molar-refractivity contribution in [3.8, 4) is 17.0 Å². The van der Waals surface area contributed by atoms with Crippen LogP contribution in [0.15, 0.2) is 36.7 Å². The first-order valence-corrected chi connectivity index (χ1v) is 9.15. The quantitative estimate of drug-likeness (QED) is 0.695. The molecule has 0 radical (unpaired) electrons. The number of hydrogen-bond acceptors (Lipinski definition) is 6. The lowest BCUT2D eigenvalue weighted by Gasteiger charge is -2.36. The molecule has 0 saturated carbocycles. The average molecular weight is 404 g/mol. The summed E-state index contributed by atoms with van der Waals surface area (Å²) in [7, 11) is 0. The summed E-state index contributed by atoms with van der Waals surface area (Å²) in [6, 6.07) is 4.60. The van der Waals surface area contributed by atoms with E-state index in [0.717, 1.165) is 11.5 Å². The van der Waals surface area contributed by atoms with Gasteiger partial charge in [0.25, 0.3) is 0 Å². The van der Waals surface area contributed by atoms with Crippen LogP contribution in [0.3, 0.4) is 0 Å². The van der Waals surface area contributed by atoms with E-state index in [-0.39, 0.29) is 23.5 Å². The van der Waals surface area contributed by atoms with Gasteiger partial charge in [0.05, 0.1) is 17.8 Å². The maximum atomic E-state index is 12.9. The number of phenolic OH excluding ortho intramolecular Hbond substituents is 1. The summed E-state index contributed by atoms with van der Waals surface area (Å²) >= 11 is 0. The minimum absolute atomic E-state index is 0.0241. The Kier molecular flexibility index (Phi) is 4.77. The molecule has 6 nitrogen and oxygen atoms in total. The highest BCUT2D eigenvalue weighted by Gasteiger charge is 2.32. The molecule has 1 aliphatic heterocycles. The number of phenols is 1. The molecule has 4 rings (SSSR count). The second kappa shape index (κ2) is 7.14. The van der Waals surface area contributed by atoms with E-state index in [9.17, 15) is 18.3 Å². The number of hydrogen-bond donors (Lipinski definition) is 1. The molecule has 1 aromatic carbocycles. The molecule has 1 fully saturated rings. The third-order valence-electron chi connectivity index (χ3n) is 4.86. The standard InChI is InChI=1S/C20H19F3N4O2/c1-11-9-27(10-12(2)29-11)19-14-5-6-24-8-16(14)18(25-26-19)15-4-3-13(7-17(15)28)20(21,22)23/h3-8,11-12,28H,9-10H2,1-2H3/t11-,12+. The van der Waals surface area contributed by atoms with Gasteiger partial charge < -0.3 is 14.7 Å². The Morgan fingerprint density at radius 2 is 1.79 bits per heavy atom. The van der Waals surface area contributed by atoms with E-state index in [1.807, 2.05) is 13.8 Å². The maximum Gasteiger partial charge on any atom is 0.416 e. The van der Waals surface area contributed by atoms with E-state index >= 15 is 0 Å². The SMILES string of the molecule is C[C@@H]1CN(c2nnc(-c3ccc(C(F)(F)F)cc3O)c3cnccc23)C[C@H](C)O1. The molecule has 0 bridgehead atoms. The Morgan fingerprint density at radius 3 is 2.45 bits per heavy atom. The van der Waals surface area contributed by atoms with Gasteiger partial charge in [-0.3, -0.25) is 4.98 Å². The second-order valence-electron chi connectivity index (χ2n) is 7.19. The van der Waals surface area contributed by atoms with Gasteiger partial charge >= 0.3 is 6.18 Å². The Bertz CT molecular complexity index is 1050. The van der Waals surface area contributed by atoms with Crippen LogP contribution in [0.4, 0.5) is 19.0 Å². The van der Waals surface area contributed by atoms with Crippen LogP contribution in [0.1, 0.15) is 19.4 Å². The van der Waals surface area contributed by atoms with Crippen LogP contribution < -0.4 is 4.90 Å². The Morgan fingerprint density at radius 1 is 1.07 bits per heavy atom. The molecule has 9 heteroatoms. The van der Waals surface area contributed by atoms with Crippen molar-refractivity contribution in [1.82, 2.24) is 15.2 Å². The normalized spacial score (nSPS) is 20.2. The number of benzene rings is 1. The van der Waals surface area contributed by atoms with Crippen molar-refractivity contribution in [1.29, 1.82) is 0 Å². The molecule has 152 valence electrons. The van der Waals surface area contributed by atoms with E-state index in [0.29, 0.717) is 30.4 Å². The number of rotatable bonds is 2. The van der Waals surface area contributed by atoms with Gasteiger partial charge in [0.15, 0.2) is 5.82 Å². The Hall–Kier alpha value is -2.94. The topological polar surface area (TPSA) is 71.4 Å². The fourth-order valence-electron chi connectivity index (χ4n) is 3.67. The van der Waals surface area contributed by atoms with Gasteiger partial charge in [0.1, 0.15) is 11.4 Å².